The van der Waals surface area contributed by atoms with Crippen LogP contribution in [-0.2, 0) is 9.59 Å². The number of ketones is 1. The van der Waals surface area contributed by atoms with Crippen LogP contribution in [0.1, 0.15) is 40.0 Å². The first kappa shape index (κ1) is 14.1. The second-order valence-corrected chi connectivity index (χ2v) is 4.37. The Morgan fingerprint density at radius 2 is 1.80 bits per heavy atom. The van der Waals surface area contributed by atoms with Crippen molar-refractivity contribution in [3.05, 3.63) is 0 Å². The zero-order valence-electron chi connectivity index (χ0n) is 9.69. The number of rotatable bonds is 7. The van der Waals surface area contributed by atoms with Crippen LogP contribution in [0.25, 0.3) is 0 Å². The maximum atomic E-state index is 11.5. The first-order valence-corrected chi connectivity index (χ1v) is 5.37. The van der Waals surface area contributed by atoms with Gasteiger partial charge in [0.25, 0.3) is 0 Å². The Morgan fingerprint density at radius 1 is 1.27 bits per heavy atom. The number of aliphatic carboxylic acids is 1. The maximum absolute atomic E-state index is 11.5. The van der Waals surface area contributed by atoms with Crippen LogP contribution in [-0.4, -0.2) is 22.9 Å². The lowest BCUT2D eigenvalue weighted by Gasteiger charge is -2.14. The summed E-state index contributed by atoms with van der Waals surface area (Å²) in [6.07, 6.45) is 1.52. The summed E-state index contributed by atoms with van der Waals surface area (Å²) < 4.78 is 0. The standard InChI is InChI=1S/C11H21NO3/c1-7(2)10(12)9(13)6-4-5-8(3)11(14)15/h7-8,10H,4-6,12H2,1-3H3,(H,14,15)/t8-,10+/m1/s1. The molecule has 4 heteroatoms. The molecule has 0 fully saturated rings. The minimum atomic E-state index is -0.810. The zero-order chi connectivity index (χ0) is 12.0. The zero-order valence-corrected chi connectivity index (χ0v) is 9.69. The minimum absolute atomic E-state index is 0.0302. The van der Waals surface area contributed by atoms with Crippen molar-refractivity contribution in [2.75, 3.05) is 0 Å². The first-order chi connectivity index (χ1) is 6.86. The van der Waals surface area contributed by atoms with Gasteiger partial charge in [0, 0.05) is 6.42 Å². The van der Waals surface area contributed by atoms with E-state index in [4.69, 9.17) is 10.8 Å². The summed E-state index contributed by atoms with van der Waals surface area (Å²) in [6, 6.07) is -0.412. The van der Waals surface area contributed by atoms with Crippen molar-refractivity contribution >= 4 is 11.8 Å². The Labute approximate surface area is 90.8 Å². The van der Waals surface area contributed by atoms with E-state index in [2.05, 4.69) is 0 Å². The van der Waals surface area contributed by atoms with E-state index in [9.17, 15) is 9.59 Å². The van der Waals surface area contributed by atoms with Gasteiger partial charge in [0.2, 0.25) is 0 Å². The van der Waals surface area contributed by atoms with E-state index in [1.807, 2.05) is 13.8 Å². The van der Waals surface area contributed by atoms with Crippen molar-refractivity contribution in [3.63, 3.8) is 0 Å². The molecule has 0 bridgehead atoms. The summed E-state index contributed by atoms with van der Waals surface area (Å²) in [4.78, 5) is 22.0. The second kappa shape index (κ2) is 6.56. The van der Waals surface area contributed by atoms with Crippen molar-refractivity contribution < 1.29 is 14.7 Å². The van der Waals surface area contributed by atoms with E-state index in [1.165, 1.54) is 0 Å². The van der Waals surface area contributed by atoms with Gasteiger partial charge in [-0.25, -0.2) is 0 Å². The minimum Gasteiger partial charge on any atom is -0.481 e. The van der Waals surface area contributed by atoms with Gasteiger partial charge in [0.15, 0.2) is 0 Å². The maximum Gasteiger partial charge on any atom is 0.306 e. The topological polar surface area (TPSA) is 80.4 Å². The number of carboxylic acids is 1. The van der Waals surface area contributed by atoms with E-state index in [0.717, 1.165) is 0 Å². The molecule has 2 atom stereocenters. The van der Waals surface area contributed by atoms with E-state index in [-0.39, 0.29) is 17.6 Å². The monoisotopic (exact) mass is 215 g/mol. The van der Waals surface area contributed by atoms with Crippen LogP contribution in [0.15, 0.2) is 0 Å². The fourth-order valence-corrected chi connectivity index (χ4v) is 1.24. The largest absolute Gasteiger partial charge is 0.481 e. The molecule has 0 amide bonds. The molecule has 0 aromatic heterocycles. The van der Waals surface area contributed by atoms with Crippen LogP contribution in [0.5, 0.6) is 0 Å². The van der Waals surface area contributed by atoms with E-state index >= 15 is 0 Å². The molecule has 0 spiro atoms. The average molecular weight is 215 g/mol. The smallest absolute Gasteiger partial charge is 0.306 e. The van der Waals surface area contributed by atoms with Gasteiger partial charge < -0.3 is 10.8 Å². The lowest BCUT2D eigenvalue weighted by atomic mass is 9.95. The highest BCUT2D eigenvalue weighted by Crippen LogP contribution is 2.10. The number of carboxylic acid groups (broad SMARTS) is 1. The summed E-state index contributed by atoms with van der Waals surface area (Å²) in [5, 5.41) is 8.64. The molecule has 0 saturated carbocycles. The Bertz CT molecular complexity index is 226. The number of carbonyl (C=O) groups excluding carboxylic acids is 1. The molecule has 0 aromatic rings. The molecule has 0 rings (SSSR count). The summed E-state index contributed by atoms with van der Waals surface area (Å²) in [7, 11) is 0. The fraction of sp³-hybridized carbons (Fsp3) is 0.818. The Hall–Kier alpha value is -0.900. The van der Waals surface area contributed by atoms with E-state index < -0.39 is 12.0 Å². The van der Waals surface area contributed by atoms with Crippen molar-refractivity contribution in [2.45, 2.75) is 46.1 Å². The van der Waals surface area contributed by atoms with Gasteiger partial charge in [0.1, 0.15) is 5.78 Å². The van der Waals surface area contributed by atoms with Crippen molar-refractivity contribution in [1.82, 2.24) is 0 Å². The lowest BCUT2D eigenvalue weighted by molar-refractivity contribution is -0.141. The summed E-state index contributed by atoms with van der Waals surface area (Å²) in [6.45, 7) is 5.46. The highest BCUT2D eigenvalue weighted by Gasteiger charge is 2.17. The van der Waals surface area contributed by atoms with Crippen LogP contribution >= 0.6 is 0 Å². The van der Waals surface area contributed by atoms with E-state index in [0.29, 0.717) is 19.3 Å². The SMILES string of the molecule is CC(C)[C@H](N)C(=O)CCC[C@@H](C)C(=O)O. The molecule has 0 heterocycles. The third-order valence-electron chi connectivity index (χ3n) is 2.57. The normalized spacial score (nSPS) is 15.0. The molecular formula is C11H21NO3. The number of nitrogens with two attached hydrogens (primary N) is 1. The van der Waals surface area contributed by atoms with Crippen LogP contribution < -0.4 is 5.73 Å². The van der Waals surface area contributed by atoms with Gasteiger partial charge in [-0.2, -0.15) is 0 Å². The van der Waals surface area contributed by atoms with Crippen molar-refractivity contribution in [2.24, 2.45) is 17.6 Å². The highest BCUT2D eigenvalue weighted by molar-refractivity contribution is 5.84. The summed E-state index contributed by atoms with van der Waals surface area (Å²) in [5.74, 6) is -1.01. The van der Waals surface area contributed by atoms with Crippen LogP contribution in [0.4, 0.5) is 0 Å². The molecule has 15 heavy (non-hydrogen) atoms. The summed E-state index contributed by atoms with van der Waals surface area (Å²) in [5.41, 5.74) is 5.67. The van der Waals surface area contributed by atoms with Gasteiger partial charge in [-0.15, -0.1) is 0 Å². The third kappa shape index (κ3) is 5.52. The third-order valence-corrected chi connectivity index (χ3v) is 2.57. The van der Waals surface area contributed by atoms with Crippen LogP contribution in [0.3, 0.4) is 0 Å². The Kier molecular flexibility index (Phi) is 6.17. The number of carbonyl (C=O) groups is 2. The molecule has 0 radical (unpaired) electrons. The molecule has 3 N–H and O–H groups in total. The first-order valence-electron chi connectivity index (χ1n) is 5.37. The second-order valence-electron chi connectivity index (χ2n) is 4.37. The highest BCUT2D eigenvalue weighted by atomic mass is 16.4. The summed E-state index contributed by atoms with van der Waals surface area (Å²) >= 11 is 0. The van der Waals surface area contributed by atoms with E-state index in [1.54, 1.807) is 6.92 Å². The molecular weight excluding hydrogens is 194 g/mol. The lowest BCUT2D eigenvalue weighted by Crippen LogP contribution is -2.35. The predicted octanol–water partition coefficient (Wildman–Crippen LogP) is 1.43. The molecule has 88 valence electrons. The number of hydrogen-bond donors (Lipinski definition) is 2. The molecule has 0 aliphatic rings. The van der Waals surface area contributed by atoms with Gasteiger partial charge in [-0.3, -0.25) is 9.59 Å². The van der Waals surface area contributed by atoms with Crippen molar-refractivity contribution in [1.29, 1.82) is 0 Å². The fourth-order valence-electron chi connectivity index (χ4n) is 1.24. The van der Waals surface area contributed by atoms with Gasteiger partial charge in [-0.05, 0) is 18.8 Å². The van der Waals surface area contributed by atoms with Crippen molar-refractivity contribution in [3.8, 4) is 0 Å². The average Bonchev–Trinajstić information content (AvgIpc) is 2.15. The van der Waals surface area contributed by atoms with Gasteiger partial charge in [0.05, 0.1) is 12.0 Å². The predicted molar refractivity (Wildman–Crippen MR) is 58.5 cm³/mol. The van der Waals surface area contributed by atoms with Crippen LogP contribution in [0.2, 0.25) is 0 Å². The molecule has 4 nitrogen and oxygen atoms in total. The molecule has 0 aliphatic heterocycles. The molecule has 0 saturated heterocycles. The Morgan fingerprint density at radius 3 is 2.20 bits per heavy atom. The van der Waals surface area contributed by atoms with Gasteiger partial charge in [-0.1, -0.05) is 20.8 Å². The number of hydrogen-bond acceptors (Lipinski definition) is 3. The molecule has 0 unspecified atom stereocenters. The quantitative estimate of drug-likeness (QED) is 0.673. The molecule has 0 aliphatic carbocycles. The van der Waals surface area contributed by atoms with Crippen LogP contribution in [0, 0.1) is 11.8 Å². The number of Topliss-reactive ketones (excluding diaryl/α,β-unsaturated/α-hetero) is 1. The molecule has 0 aromatic carbocycles. The van der Waals surface area contributed by atoms with Gasteiger partial charge >= 0.3 is 5.97 Å². The Balaban J connectivity index is 3.78.